The molecular weight excluding hydrogens is 184 g/mol. The Morgan fingerprint density at radius 2 is 1.36 bits per heavy atom. The molecule has 0 spiro atoms. The fourth-order valence-electron chi connectivity index (χ4n) is 1.43. The molecule has 2 heterocycles. The van der Waals surface area contributed by atoms with Gasteiger partial charge in [-0.3, -0.25) is 0 Å². The Balaban J connectivity index is 1.92. The summed E-state index contributed by atoms with van der Waals surface area (Å²) in [5, 5.41) is 0. The minimum absolute atomic E-state index is 0.0568. The van der Waals surface area contributed by atoms with E-state index in [0.717, 1.165) is 0 Å². The Kier molecular flexibility index (Phi) is 2.52. The second-order valence-corrected chi connectivity index (χ2v) is 3.15. The third kappa shape index (κ3) is 1.64. The first kappa shape index (κ1) is 9.24. The van der Waals surface area contributed by atoms with E-state index in [1.165, 1.54) is 0 Å². The van der Waals surface area contributed by atoms with Crippen LogP contribution < -0.4 is 0 Å². The molecule has 4 nitrogen and oxygen atoms in total. The van der Waals surface area contributed by atoms with Gasteiger partial charge < -0.3 is 18.9 Å². The predicted molar refractivity (Wildman–Crippen MR) is 49.2 cm³/mol. The molecule has 2 saturated heterocycles. The lowest BCUT2D eigenvalue weighted by Gasteiger charge is -2.12. The molecule has 2 aliphatic rings. The van der Waals surface area contributed by atoms with Crippen molar-refractivity contribution in [1.29, 1.82) is 0 Å². The van der Waals surface area contributed by atoms with Crippen molar-refractivity contribution in [3.05, 3.63) is 24.0 Å². The van der Waals surface area contributed by atoms with Gasteiger partial charge in [-0.15, -0.1) is 0 Å². The highest BCUT2D eigenvalue weighted by Gasteiger charge is 2.36. The average Bonchev–Trinajstić information content (AvgIpc) is 2.86. The molecule has 0 aromatic carbocycles. The second kappa shape index (κ2) is 3.82. The Morgan fingerprint density at radius 3 is 1.64 bits per heavy atom. The maximum Gasteiger partial charge on any atom is 0.275 e. The zero-order valence-electron chi connectivity index (χ0n) is 8.36. The number of ether oxygens (including phenoxy) is 4. The highest BCUT2D eigenvalue weighted by Crippen LogP contribution is 2.25. The molecule has 0 amide bonds. The molecule has 78 valence electrons. The highest BCUT2D eigenvalue weighted by molar-refractivity contribution is 4.94. The van der Waals surface area contributed by atoms with Crippen molar-refractivity contribution in [3.8, 4) is 0 Å². The van der Waals surface area contributed by atoms with Gasteiger partial charge in [-0.25, -0.2) is 0 Å². The van der Waals surface area contributed by atoms with E-state index in [4.69, 9.17) is 18.9 Å². The fourth-order valence-corrected chi connectivity index (χ4v) is 1.43. The molecule has 2 unspecified atom stereocenters. The standard InChI is InChI=1S/C10H14O4/c1-3-9-11-5-7(13-9)8-6-12-10(4-2)14-8/h3-4,7-8H,5-6H2,1-2H3/b9-3-,10-4+. The topological polar surface area (TPSA) is 36.9 Å². The van der Waals surface area contributed by atoms with Crippen LogP contribution in [0.3, 0.4) is 0 Å². The molecule has 0 radical (unpaired) electrons. The summed E-state index contributed by atoms with van der Waals surface area (Å²) in [5.41, 5.74) is 0. The fraction of sp³-hybridized carbons (Fsp3) is 0.600. The summed E-state index contributed by atoms with van der Waals surface area (Å²) in [4.78, 5) is 0. The first-order valence-electron chi connectivity index (χ1n) is 4.75. The van der Waals surface area contributed by atoms with Crippen LogP contribution in [0.25, 0.3) is 0 Å². The number of rotatable bonds is 1. The van der Waals surface area contributed by atoms with Gasteiger partial charge in [-0.05, 0) is 26.0 Å². The van der Waals surface area contributed by atoms with E-state index in [2.05, 4.69) is 0 Å². The van der Waals surface area contributed by atoms with E-state index in [-0.39, 0.29) is 12.2 Å². The van der Waals surface area contributed by atoms with Crippen LogP contribution in [0.2, 0.25) is 0 Å². The van der Waals surface area contributed by atoms with E-state index >= 15 is 0 Å². The molecule has 2 rings (SSSR count). The minimum Gasteiger partial charge on any atom is -0.462 e. The van der Waals surface area contributed by atoms with E-state index < -0.39 is 0 Å². The van der Waals surface area contributed by atoms with Gasteiger partial charge in [0.15, 0.2) is 12.2 Å². The average molecular weight is 198 g/mol. The third-order valence-corrected chi connectivity index (χ3v) is 2.20. The molecule has 0 bridgehead atoms. The first-order valence-corrected chi connectivity index (χ1v) is 4.75. The molecule has 2 atom stereocenters. The van der Waals surface area contributed by atoms with E-state index in [0.29, 0.717) is 25.1 Å². The van der Waals surface area contributed by atoms with Crippen molar-refractivity contribution in [2.24, 2.45) is 0 Å². The summed E-state index contributed by atoms with van der Waals surface area (Å²) in [6, 6.07) is 0. The molecule has 2 aliphatic heterocycles. The van der Waals surface area contributed by atoms with E-state index in [1.54, 1.807) is 12.2 Å². The third-order valence-electron chi connectivity index (χ3n) is 2.20. The van der Waals surface area contributed by atoms with Crippen LogP contribution in [0.15, 0.2) is 24.0 Å². The second-order valence-electron chi connectivity index (χ2n) is 3.15. The number of hydrogen-bond acceptors (Lipinski definition) is 4. The van der Waals surface area contributed by atoms with Crippen molar-refractivity contribution in [3.63, 3.8) is 0 Å². The van der Waals surface area contributed by atoms with Crippen LogP contribution in [0, 0.1) is 0 Å². The summed E-state index contributed by atoms with van der Waals surface area (Å²) < 4.78 is 21.5. The Morgan fingerprint density at radius 1 is 0.929 bits per heavy atom. The van der Waals surface area contributed by atoms with Crippen LogP contribution in [-0.4, -0.2) is 25.4 Å². The van der Waals surface area contributed by atoms with Crippen molar-refractivity contribution < 1.29 is 18.9 Å². The highest BCUT2D eigenvalue weighted by atomic mass is 16.8. The molecule has 0 aromatic heterocycles. The molecule has 0 aromatic rings. The van der Waals surface area contributed by atoms with Gasteiger partial charge in [0.1, 0.15) is 13.2 Å². The van der Waals surface area contributed by atoms with Crippen LogP contribution in [0.4, 0.5) is 0 Å². The number of allylic oxidation sites excluding steroid dienone is 2. The molecule has 4 heteroatoms. The summed E-state index contributed by atoms with van der Waals surface area (Å²) in [6.07, 6.45) is 3.48. The smallest absolute Gasteiger partial charge is 0.275 e. The van der Waals surface area contributed by atoms with E-state index in [1.807, 2.05) is 13.8 Å². The largest absolute Gasteiger partial charge is 0.462 e. The van der Waals surface area contributed by atoms with Gasteiger partial charge in [0, 0.05) is 0 Å². The van der Waals surface area contributed by atoms with Gasteiger partial charge in [0.25, 0.3) is 11.9 Å². The molecule has 2 fully saturated rings. The maximum atomic E-state index is 5.49. The predicted octanol–water partition coefficient (Wildman–Crippen LogP) is 1.54. The molecule has 0 N–H and O–H groups in total. The lowest BCUT2D eigenvalue weighted by atomic mass is 10.2. The molecule has 0 saturated carbocycles. The van der Waals surface area contributed by atoms with Crippen molar-refractivity contribution in [2.45, 2.75) is 26.1 Å². The van der Waals surface area contributed by atoms with Gasteiger partial charge in [0.2, 0.25) is 0 Å². The molecular formula is C10H14O4. The Hall–Kier alpha value is -1.32. The van der Waals surface area contributed by atoms with Crippen molar-refractivity contribution >= 4 is 0 Å². The lowest BCUT2D eigenvalue weighted by Crippen LogP contribution is -2.29. The number of hydrogen-bond donors (Lipinski definition) is 0. The quantitative estimate of drug-likeness (QED) is 0.640. The maximum absolute atomic E-state index is 5.49. The van der Waals surface area contributed by atoms with Gasteiger partial charge in [0.05, 0.1) is 0 Å². The monoisotopic (exact) mass is 198 g/mol. The van der Waals surface area contributed by atoms with Gasteiger partial charge in [-0.1, -0.05) is 0 Å². The lowest BCUT2D eigenvalue weighted by molar-refractivity contribution is 0.0318. The van der Waals surface area contributed by atoms with Gasteiger partial charge >= 0.3 is 0 Å². The Labute approximate surface area is 83.1 Å². The Bertz CT molecular complexity index is 241. The van der Waals surface area contributed by atoms with Crippen LogP contribution in [0.5, 0.6) is 0 Å². The SMILES string of the molecule is C/C=C1/OCC(C2CO/C(=C\C)O2)O1. The molecule has 0 aliphatic carbocycles. The molecule has 14 heavy (non-hydrogen) atoms. The minimum atomic E-state index is -0.0568. The normalized spacial score (nSPS) is 36.4. The summed E-state index contributed by atoms with van der Waals surface area (Å²) in [7, 11) is 0. The van der Waals surface area contributed by atoms with Crippen LogP contribution in [-0.2, 0) is 18.9 Å². The van der Waals surface area contributed by atoms with Crippen molar-refractivity contribution in [2.75, 3.05) is 13.2 Å². The zero-order valence-corrected chi connectivity index (χ0v) is 8.36. The zero-order chi connectivity index (χ0) is 9.97. The summed E-state index contributed by atoms with van der Waals surface area (Å²) in [5.74, 6) is 1.15. The van der Waals surface area contributed by atoms with Crippen molar-refractivity contribution in [1.82, 2.24) is 0 Å². The summed E-state index contributed by atoms with van der Waals surface area (Å²) in [6.45, 7) is 4.82. The van der Waals surface area contributed by atoms with Crippen LogP contribution in [0.1, 0.15) is 13.8 Å². The van der Waals surface area contributed by atoms with Crippen LogP contribution >= 0.6 is 0 Å². The van der Waals surface area contributed by atoms with E-state index in [9.17, 15) is 0 Å². The first-order chi connectivity index (χ1) is 6.83. The summed E-state index contributed by atoms with van der Waals surface area (Å²) >= 11 is 0. The van der Waals surface area contributed by atoms with Gasteiger partial charge in [-0.2, -0.15) is 0 Å².